The van der Waals surface area contributed by atoms with Crippen molar-refractivity contribution in [3.05, 3.63) is 115 Å². The number of aromatic nitrogens is 4. The molecule has 0 aliphatic heterocycles. The van der Waals surface area contributed by atoms with Gasteiger partial charge in [-0.15, -0.1) is 10.2 Å². The van der Waals surface area contributed by atoms with Gasteiger partial charge in [0.25, 0.3) is 0 Å². The zero-order valence-corrected chi connectivity index (χ0v) is 23.8. The molecule has 0 saturated carbocycles. The van der Waals surface area contributed by atoms with Gasteiger partial charge in [-0.3, -0.25) is 4.57 Å². The highest BCUT2D eigenvalue weighted by atomic mass is 32.2. The molecule has 0 unspecified atom stereocenters. The van der Waals surface area contributed by atoms with Crippen LogP contribution in [0.2, 0.25) is 0 Å². The lowest BCUT2D eigenvalue weighted by Crippen LogP contribution is -2.06. The lowest BCUT2D eigenvalue weighted by atomic mass is 10.0. The lowest BCUT2D eigenvalue weighted by molar-refractivity contribution is 0.319. The summed E-state index contributed by atoms with van der Waals surface area (Å²) in [6.45, 7) is 0. The molecule has 0 fully saturated rings. The number of pyridine rings is 1. The van der Waals surface area contributed by atoms with Gasteiger partial charge in [0.05, 0.1) is 31.1 Å². The van der Waals surface area contributed by atoms with E-state index in [1.54, 1.807) is 14.2 Å². The highest BCUT2D eigenvalue weighted by Gasteiger charge is 2.21. The summed E-state index contributed by atoms with van der Waals surface area (Å²) in [5.74, 6) is 2.34. The Labute approximate surface area is 247 Å². The van der Waals surface area contributed by atoms with Crippen LogP contribution < -0.4 is 9.47 Å². The van der Waals surface area contributed by atoms with Crippen LogP contribution in [0.25, 0.3) is 39.2 Å². The molecule has 0 amide bonds. The van der Waals surface area contributed by atoms with E-state index >= 15 is 0 Å². The molecule has 0 bridgehead atoms. The molecule has 2 aromatic heterocycles. The number of nitrogens with zero attached hydrogens (tertiary/aromatic N) is 5. The van der Waals surface area contributed by atoms with Gasteiger partial charge in [0.15, 0.2) is 22.5 Å². The third kappa shape index (κ3) is 5.29. The fourth-order valence-electron chi connectivity index (χ4n) is 4.78. The maximum Gasteiger partial charge on any atom is 0.196 e. The van der Waals surface area contributed by atoms with E-state index in [2.05, 4.69) is 10.3 Å². The molecule has 0 atom stereocenters. The minimum atomic E-state index is 0.402. The van der Waals surface area contributed by atoms with Gasteiger partial charge in [-0.25, -0.2) is 4.98 Å². The highest BCUT2D eigenvalue weighted by Crippen LogP contribution is 2.37. The molecule has 2 heterocycles. The predicted molar refractivity (Wildman–Crippen MR) is 166 cm³/mol. The fourth-order valence-corrected chi connectivity index (χ4v) is 5.69. The van der Waals surface area contributed by atoms with Crippen molar-refractivity contribution in [2.24, 2.45) is 5.16 Å². The second-order valence-electron chi connectivity index (χ2n) is 9.32. The van der Waals surface area contributed by atoms with Crippen LogP contribution in [0.1, 0.15) is 5.56 Å². The number of rotatable bonds is 9. The highest BCUT2D eigenvalue weighted by molar-refractivity contribution is 7.99. The van der Waals surface area contributed by atoms with Gasteiger partial charge in [-0.2, -0.15) is 0 Å². The van der Waals surface area contributed by atoms with E-state index in [0.29, 0.717) is 33.9 Å². The van der Waals surface area contributed by atoms with Crippen molar-refractivity contribution in [3.63, 3.8) is 0 Å². The average Bonchev–Trinajstić information content (AvgIpc) is 3.48. The average molecular weight is 574 g/mol. The maximum atomic E-state index is 9.76. The van der Waals surface area contributed by atoms with Crippen LogP contribution in [0.4, 0.5) is 0 Å². The number of benzene rings is 4. The van der Waals surface area contributed by atoms with E-state index in [1.807, 2.05) is 114 Å². The smallest absolute Gasteiger partial charge is 0.196 e. The molecule has 9 heteroatoms. The van der Waals surface area contributed by atoms with Crippen LogP contribution >= 0.6 is 11.8 Å². The van der Waals surface area contributed by atoms with Crippen molar-refractivity contribution in [3.8, 4) is 39.8 Å². The Kier molecular flexibility index (Phi) is 7.83. The van der Waals surface area contributed by atoms with Crippen molar-refractivity contribution >= 4 is 28.4 Å². The van der Waals surface area contributed by atoms with Crippen LogP contribution in [0.15, 0.2) is 120 Å². The summed E-state index contributed by atoms with van der Waals surface area (Å²) >= 11 is 1.45. The van der Waals surface area contributed by atoms with Crippen molar-refractivity contribution in [2.45, 2.75) is 5.16 Å². The first kappa shape index (κ1) is 27.0. The maximum absolute atomic E-state index is 9.76. The number of fused-ring (bicyclic) bond motifs is 1. The summed E-state index contributed by atoms with van der Waals surface area (Å²) in [6, 6.07) is 35.4. The van der Waals surface area contributed by atoms with Crippen molar-refractivity contribution in [1.82, 2.24) is 19.7 Å². The molecule has 0 spiro atoms. The van der Waals surface area contributed by atoms with Crippen molar-refractivity contribution < 1.29 is 14.7 Å². The number of thioether (sulfide) groups is 1. The van der Waals surface area contributed by atoms with Gasteiger partial charge in [0.1, 0.15) is 0 Å². The van der Waals surface area contributed by atoms with Crippen LogP contribution in [0.3, 0.4) is 0 Å². The van der Waals surface area contributed by atoms with Gasteiger partial charge in [0, 0.05) is 33.5 Å². The fraction of sp³-hybridized carbons (Fsp3) is 0.0909. The van der Waals surface area contributed by atoms with E-state index in [1.165, 1.54) is 11.8 Å². The quantitative estimate of drug-likeness (QED) is 0.0850. The first-order chi connectivity index (χ1) is 20.7. The molecular weight excluding hydrogens is 546 g/mol. The van der Waals surface area contributed by atoms with Crippen LogP contribution in [-0.4, -0.2) is 50.6 Å². The summed E-state index contributed by atoms with van der Waals surface area (Å²) in [6.07, 6.45) is 0. The molecule has 1 N–H and O–H groups in total. The van der Waals surface area contributed by atoms with E-state index in [0.717, 1.165) is 39.0 Å². The molecule has 0 aliphatic rings. The predicted octanol–water partition coefficient (Wildman–Crippen LogP) is 7.14. The van der Waals surface area contributed by atoms with Crippen molar-refractivity contribution in [1.29, 1.82) is 0 Å². The van der Waals surface area contributed by atoms with Crippen LogP contribution in [0.5, 0.6) is 11.5 Å². The SMILES string of the molecule is COc1ccc(-c2cc(-c3nnc(SC/C(=N\O)c4ccccc4)n3-c3ccccc3)c3ccccc3n2)cc1OC. The number of oxime groups is 1. The zero-order valence-electron chi connectivity index (χ0n) is 23.0. The third-order valence-corrected chi connectivity index (χ3v) is 7.79. The number of ether oxygens (including phenoxy) is 2. The zero-order chi connectivity index (χ0) is 28.9. The first-order valence-electron chi connectivity index (χ1n) is 13.2. The Balaban J connectivity index is 1.49. The minimum absolute atomic E-state index is 0.402. The second-order valence-corrected chi connectivity index (χ2v) is 10.3. The van der Waals surface area contributed by atoms with Crippen LogP contribution in [0, 0.1) is 0 Å². The summed E-state index contributed by atoms with van der Waals surface area (Å²) in [4.78, 5) is 4.97. The van der Waals surface area contributed by atoms with Gasteiger partial charge in [-0.05, 0) is 42.5 Å². The summed E-state index contributed by atoms with van der Waals surface area (Å²) in [5.41, 5.74) is 5.67. The molecule has 0 aliphatic carbocycles. The van der Waals surface area contributed by atoms with Crippen molar-refractivity contribution in [2.75, 3.05) is 20.0 Å². The molecular formula is C33H27N5O3S. The van der Waals surface area contributed by atoms with E-state index < -0.39 is 0 Å². The van der Waals surface area contributed by atoms with E-state index in [-0.39, 0.29) is 0 Å². The molecule has 6 rings (SSSR count). The van der Waals surface area contributed by atoms with Gasteiger partial charge in [-0.1, -0.05) is 83.6 Å². The Morgan fingerprint density at radius 3 is 2.26 bits per heavy atom. The second kappa shape index (κ2) is 12.2. The normalized spacial score (nSPS) is 11.5. The monoisotopic (exact) mass is 573 g/mol. The molecule has 208 valence electrons. The Hall–Kier alpha value is -5.15. The molecule has 0 saturated heterocycles. The standard InChI is InChI=1S/C33H27N5O3S/c1-40-30-18-17-23(19-31(30)41-2)28-20-26(25-15-9-10-16-27(25)34-28)32-35-36-33(38(32)24-13-7-4-8-14-24)42-21-29(37-39)22-11-5-3-6-12-22/h3-20,39H,21H2,1-2H3/b37-29+. The Morgan fingerprint density at radius 2 is 1.52 bits per heavy atom. The molecule has 4 aromatic carbocycles. The molecule has 0 radical (unpaired) electrons. The molecule has 6 aromatic rings. The number of methoxy groups -OCH3 is 2. The van der Waals surface area contributed by atoms with E-state index in [4.69, 9.17) is 19.6 Å². The largest absolute Gasteiger partial charge is 0.493 e. The van der Waals surface area contributed by atoms with Gasteiger partial charge in [0.2, 0.25) is 0 Å². The third-order valence-electron chi connectivity index (χ3n) is 6.85. The number of hydrogen-bond acceptors (Lipinski definition) is 8. The Bertz CT molecular complexity index is 1870. The Morgan fingerprint density at radius 1 is 0.810 bits per heavy atom. The minimum Gasteiger partial charge on any atom is -0.493 e. The number of hydrogen-bond donors (Lipinski definition) is 1. The number of para-hydroxylation sites is 2. The summed E-state index contributed by atoms with van der Waals surface area (Å²) in [7, 11) is 3.23. The topological polar surface area (TPSA) is 94.7 Å². The lowest BCUT2D eigenvalue weighted by Gasteiger charge is -2.14. The summed E-state index contributed by atoms with van der Waals surface area (Å²) in [5, 5.41) is 24.3. The summed E-state index contributed by atoms with van der Waals surface area (Å²) < 4.78 is 13.0. The van der Waals surface area contributed by atoms with Crippen LogP contribution in [-0.2, 0) is 0 Å². The first-order valence-corrected chi connectivity index (χ1v) is 14.2. The van der Waals surface area contributed by atoms with Gasteiger partial charge < -0.3 is 14.7 Å². The van der Waals surface area contributed by atoms with E-state index in [9.17, 15) is 5.21 Å². The van der Waals surface area contributed by atoms with Gasteiger partial charge >= 0.3 is 0 Å². The molecule has 8 nitrogen and oxygen atoms in total. The molecule has 42 heavy (non-hydrogen) atoms.